The van der Waals surface area contributed by atoms with Crippen molar-refractivity contribution in [2.75, 3.05) is 11.4 Å². The van der Waals surface area contributed by atoms with Gasteiger partial charge in [0.15, 0.2) is 5.51 Å². The first-order chi connectivity index (χ1) is 12.7. The highest BCUT2D eigenvalue weighted by Crippen LogP contribution is 2.18. The van der Waals surface area contributed by atoms with E-state index >= 15 is 0 Å². The van der Waals surface area contributed by atoms with Crippen LogP contribution in [0.5, 0.6) is 0 Å². The van der Waals surface area contributed by atoms with E-state index in [2.05, 4.69) is 75.8 Å². The Hall–Kier alpha value is -2.27. The minimum atomic E-state index is 0.547. The van der Waals surface area contributed by atoms with E-state index in [-0.39, 0.29) is 0 Å². The first-order valence-electron chi connectivity index (χ1n) is 9.11. The zero-order chi connectivity index (χ0) is 18.4. The number of anilines is 1. The average Bonchev–Trinajstić information content (AvgIpc) is 3.19. The lowest BCUT2D eigenvalue weighted by Crippen LogP contribution is -2.27. The lowest BCUT2D eigenvalue weighted by atomic mass is 10.0. The topological polar surface area (TPSA) is 41.9 Å². The Bertz CT molecular complexity index is 780. The molecule has 0 bridgehead atoms. The Kier molecular flexibility index (Phi) is 6.34. The number of nitrogens with zero attached hydrogens (tertiary/aromatic N) is 4. The van der Waals surface area contributed by atoms with Crippen molar-refractivity contribution in [3.63, 3.8) is 0 Å². The van der Waals surface area contributed by atoms with Crippen LogP contribution in [0.2, 0.25) is 0 Å². The van der Waals surface area contributed by atoms with Crippen molar-refractivity contribution >= 4 is 17.3 Å². The number of aromatic nitrogens is 3. The van der Waals surface area contributed by atoms with E-state index in [1.165, 1.54) is 22.5 Å². The number of hydrogen-bond donors (Lipinski definition) is 0. The number of rotatable bonds is 8. The van der Waals surface area contributed by atoms with Gasteiger partial charge in [-0.1, -0.05) is 45.0 Å². The normalized spacial score (nSPS) is 11.1. The van der Waals surface area contributed by atoms with Crippen molar-refractivity contribution in [1.82, 2.24) is 15.0 Å². The Balaban J connectivity index is 1.76. The molecule has 0 unspecified atom stereocenters. The fraction of sp³-hybridized carbons (Fsp3) is 0.381. The molecule has 2 heterocycles. The van der Waals surface area contributed by atoms with Crippen LogP contribution in [-0.2, 0) is 19.4 Å². The fourth-order valence-electron chi connectivity index (χ4n) is 2.74. The number of thiazole rings is 1. The van der Waals surface area contributed by atoms with Crippen molar-refractivity contribution in [1.29, 1.82) is 0 Å². The van der Waals surface area contributed by atoms with Crippen LogP contribution in [0.1, 0.15) is 49.1 Å². The zero-order valence-corrected chi connectivity index (χ0v) is 16.5. The van der Waals surface area contributed by atoms with Crippen LogP contribution in [0.25, 0.3) is 0 Å². The van der Waals surface area contributed by atoms with Crippen molar-refractivity contribution in [2.45, 2.75) is 46.1 Å². The lowest BCUT2D eigenvalue weighted by Gasteiger charge is -2.23. The molecule has 0 aliphatic rings. The van der Waals surface area contributed by atoms with Gasteiger partial charge in [0.1, 0.15) is 0 Å². The molecule has 2 aromatic heterocycles. The van der Waals surface area contributed by atoms with Gasteiger partial charge in [-0.15, -0.1) is 11.3 Å². The number of benzene rings is 1. The summed E-state index contributed by atoms with van der Waals surface area (Å²) in [6.45, 7) is 8.17. The Morgan fingerprint density at radius 3 is 2.38 bits per heavy atom. The second-order valence-corrected chi connectivity index (χ2v) is 7.40. The Morgan fingerprint density at radius 1 is 1.08 bits per heavy atom. The molecule has 0 saturated heterocycles. The lowest BCUT2D eigenvalue weighted by molar-refractivity contribution is 0.742. The minimum absolute atomic E-state index is 0.547. The van der Waals surface area contributed by atoms with Crippen LogP contribution < -0.4 is 4.90 Å². The highest BCUT2D eigenvalue weighted by atomic mass is 32.1. The maximum absolute atomic E-state index is 4.58. The molecule has 0 aliphatic carbocycles. The van der Waals surface area contributed by atoms with Gasteiger partial charge in [-0.3, -0.25) is 0 Å². The molecule has 3 aromatic rings. The average molecular weight is 366 g/mol. The van der Waals surface area contributed by atoms with E-state index < -0.39 is 0 Å². The third-order valence-electron chi connectivity index (χ3n) is 4.48. The largest absolute Gasteiger partial charge is 0.336 e. The summed E-state index contributed by atoms with van der Waals surface area (Å²) in [5.41, 5.74) is 7.77. The van der Waals surface area contributed by atoms with E-state index in [9.17, 15) is 0 Å². The van der Waals surface area contributed by atoms with Gasteiger partial charge in [0.2, 0.25) is 5.95 Å². The van der Waals surface area contributed by atoms with Crippen molar-refractivity contribution in [3.05, 3.63) is 69.9 Å². The van der Waals surface area contributed by atoms with Crippen LogP contribution in [0.15, 0.2) is 42.0 Å². The fourth-order valence-corrected chi connectivity index (χ4v) is 3.27. The van der Waals surface area contributed by atoms with E-state index in [1.807, 2.05) is 12.4 Å². The van der Waals surface area contributed by atoms with Crippen molar-refractivity contribution < 1.29 is 0 Å². The molecule has 1 aromatic carbocycles. The quantitative estimate of drug-likeness (QED) is 0.582. The molecule has 0 spiro atoms. The van der Waals surface area contributed by atoms with Gasteiger partial charge < -0.3 is 4.90 Å². The van der Waals surface area contributed by atoms with Gasteiger partial charge in [0.05, 0.1) is 5.69 Å². The van der Waals surface area contributed by atoms with Crippen LogP contribution >= 0.6 is 11.3 Å². The van der Waals surface area contributed by atoms with Crippen molar-refractivity contribution in [3.8, 4) is 0 Å². The zero-order valence-electron chi connectivity index (χ0n) is 15.6. The molecule has 0 atom stereocenters. The molecule has 4 nitrogen and oxygen atoms in total. The molecular weight excluding hydrogens is 340 g/mol. The summed E-state index contributed by atoms with van der Waals surface area (Å²) in [6, 6.07) is 8.85. The van der Waals surface area contributed by atoms with Gasteiger partial charge in [0, 0.05) is 37.3 Å². The summed E-state index contributed by atoms with van der Waals surface area (Å²) in [6.07, 6.45) is 5.66. The first-order valence-corrected chi connectivity index (χ1v) is 9.98. The summed E-state index contributed by atoms with van der Waals surface area (Å²) in [4.78, 5) is 15.7. The molecule has 0 aliphatic heterocycles. The molecule has 0 saturated carbocycles. The highest BCUT2D eigenvalue weighted by Gasteiger charge is 2.12. The van der Waals surface area contributed by atoms with Gasteiger partial charge in [-0.2, -0.15) is 0 Å². The molecule has 0 amide bonds. The van der Waals surface area contributed by atoms with Crippen molar-refractivity contribution in [2.24, 2.45) is 0 Å². The predicted octanol–water partition coefficient (Wildman–Crippen LogP) is 4.67. The number of hydrogen-bond acceptors (Lipinski definition) is 5. The predicted molar refractivity (Wildman–Crippen MR) is 108 cm³/mol. The van der Waals surface area contributed by atoms with Crippen LogP contribution in [0, 0.1) is 5.51 Å². The van der Waals surface area contributed by atoms with E-state index in [4.69, 9.17) is 0 Å². The minimum Gasteiger partial charge on any atom is -0.336 e. The van der Waals surface area contributed by atoms with E-state index in [1.54, 1.807) is 0 Å². The van der Waals surface area contributed by atoms with Crippen LogP contribution in [0.4, 0.5) is 5.95 Å². The van der Waals surface area contributed by atoms with Gasteiger partial charge in [-0.05, 0) is 29.0 Å². The maximum atomic E-state index is 4.58. The first kappa shape index (κ1) is 18.5. The molecule has 1 radical (unpaired) electrons. The summed E-state index contributed by atoms with van der Waals surface area (Å²) < 4.78 is 0. The smallest absolute Gasteiger partial charge is 0.225 e. The van der Waals surface area contributed by atoms with Gasteiger partial charge in [-0.25, -0.2) is 15.0 Å². The van der Waals surface area contributed by atoms with E-state index in [0.29, 0.717) is 5.92 Å². The molecule has 26 heavy (non-hydrogen) atoms. The monoisotopic (exact) mass is 365 g/mol. The summed E-state index contributed by atoms with van der Waals surface area (Å²) in [5.74, 6) is 1.32. The summed E-state index contributed by atoms with van der Waals surface area (Å²) in [5, 5.41) is 2.05. The molecule has 5 heteroatoms. The third-order valence-corrected chi connectivity index (χ3v) is 5.06. The van der Waals surface area contributed by atoms with Crippen LogP contribution in [0.3, 0.4) is 0 Å². The second-order valence-electron chi connectivity index (χ2n) is 6.74. The Labute approximate surface area is 160 Å². The van der Waals surface area contributed by atoms with Gasteiger partial charge >= 0.3 is 0 Å². The highest BCUT2D eigenvalue weighted by molar-refractivity contribution is 7.07. The molecule has 3 rings (SSSR count). The third kappa shape index (κ3) is 4.88. The summed E-state index contributed by atoms with van der Waals surface area (Å²) in [7, 11) is 0. The molecule has 0 N–H and O–H groups in total. The Morgan fingerprint density at radius 2 is 1.81 bits per heavy atom. The second kappa shape index (κ2) is 8.90. The number of aryl methyl sites for hydroxylation is 1. The molecular formula is C21H25N4S. The standard InChI is InChI=1S/C21H25N4S/c1-4-17-11-22-21(23-12-17)25(10-9-20-14-26-15-24-20)13-18-5-7-19(8-6-18)16(2)3/h5-8,11-12,14,16H,4,9-10,13H2,1-3H3. The van der Waals surface area contributed by atoms with Gasteiger partial charge in [0.25, 0.3) is 0 Å². The molecule has 0 fully saturated rings. The SMILES string of the molecule is CCc1cnc(N(CCc2cs[c]n2)Cc2ccc(C(C)C)cc2)nc1. The maximum Gasteiger partial charge on any atom is 0.225 e. The molecule has 135 valence electrons. The summed E-state index contributed by atoms with van der Waals surface area (Å²) >= 11 is 1.51. The van der Waals surface area contributed by atoms with Crippen LogP contribution in [-0.4, -0.2) is 21.5 Å². The van der Waals surface area contributed by atoms with E-state index in [0.717, 1.165) is 43.1 Å².